The summed E-state index contributed by atoms with van der Waals surface area (Å²) in [5.74, 6) is 0.481. The summed E-state index contributed by atoms with van der Waals surface area (Å²) in [6.45, 7) is 2.51. The second kappa shape index (κ2) is 8.75. The molecule has 22 heavy (non-hydrogen) atoms. The van der Waals surface area contributed by atoms with E-state index in [2.05, 4.69) is 5.32 Å². The van der Waals surface area contributed by atoms with Crippen LogP contribution in [0.2, 0.25) is 0 Å². The lowest BCUT2D eigenvalue weighted by Crippen LogP contribution is -2.41. The Hall–Kier alpha value is -1.60. The number of hydrogen-bond acceptors (Lipinski definition) is 4. The first kappa shape index (κ1) is 18.4. The molecule has 1 rings (SSSR count). The van der Waals surface area contributed by atoms with Crippen molar-refractivity contribution in [3.63, 3.8) is 0 Å². The van der Waals surface area contributed by atoms with Crippen molar-refractivity contribution in [1.29, 1.82) is 0 Å². The van der Waals surface area contributed by atoms with Gasteiger partial charge >= 0.3 is 0 Å². The van der Waals surface area contributed by atoms with Crippen molar-refractivity contribution in [3.8, 4) is 5.75 Å². The van der Waals surface area contributed by atoms with E-state index >= 15 is 0 Å². The van der Waals surface area contributed by atoms with Gasteiger partial charge in [0.05, 0.1) is 19.9 Å². The monoisotopic (exact) mass is 328 g/mol. The highest BCUT2D eigenvalue weighted by molar-refractivity contribution is 7.88. The molecule has 0 atom stereocenters. The van der Waals surface area contributed by atoms with Crippen LogP contribution in [0.3, 0.4) is 0 Å². The Kier molecular flexibility index (Phi) is 7.34. The Balaban J connectivity index is 2.49. The standard InChI is InChI=1S/C15H24N2O4S/c1-4-11-17(22(3,19)20)12-15(18)16-10-9-13-7-5-6-8-14(13)21-2/h5-8H,4,9-12H2,1-3H3,(H,16,18). The van der Waals surface area contributed by atoms with Gasteiger partial charge in [-0.15, -0.1) is 0 Å². The van der Waals surface area contributed by atoms with Gasteiger partial charge in [0.2, 0.25) is 15.9 Å². The highest BCUT2D eigenvalue weighted by atomic mass is 32.2. The number of carbonyl (C=O) groups is 1. The maximum Gasteiger partial charge on any atom is 0.235 e. The van der Waals surface area contributed by atoms with Crippen LogP contribution in [0.1, 0.15) is 18.9 Å². The van der Waals surface area contributed by atoms with E-state index in [1.54, 1.807) is 7.11 Å². The topological polar surface area (TPSA) is 75.7 Å². The molecular weight excluding hydrogens is 304 g/mol. The van der Waals surface area contributed by atoms with E-state index in [0.29, 0.717) is 25.9 Å². The van der Waals surface area contributed by atoms with Crippen LogP contribution in [0.15, 0.2) is 24.3 Å². The van der Waals surface area contributed by atoms with E-state index in [4.69, 9.17) is 4.74 Å². The Morgan fingerprint density at radius 2 is 2.00 bits per heavy atom. The molecule has 0 bridgehead atoms. The van der Waals surface area contributed by atoms with E-state index in [0.717, 1.165) is 17.6 Å². The van der Waals surface area contributed by atoms with Gasteiger partial charge in [0, 0.05) is 13.1 Å². The summed E-state index contributed by atoms with van der Waals surface area (Å²) in [5, 5.41) is 2.74. The zero-order valence-electron chi connectivity index (χ0n) is 13.3. The van der Waals surface area contributed by atoms with Crippen LogP contribution in [0.25, 0.3) is 0 Å². The van der Waals surface area contributed by atoms with Gasteiger partial charge in [0.25, 0.3) is 0 Å². The van der Waals surface area contributed by atoms with Crippen LogP contribution < -0.4 is 10.1 Å². The number of ether oxygens (including phenoxy) is 1. The van der Waals surface area contributed by atoms with Crippen molar-refractivity contribution in [3.05, 3.63) is 29.8 Å². The minimum atomic E-state index is -3.36. The summed E-state index contributed by atoms with van der Waals surface area (Å²) in [4.78, 5) is 11.9. The third-order valence-electron chi connectivity index (χ3n) is 3.17. The molecule has 0 aliphatic heterocycles. The predicted molar refractivity (Wildman–Crippen MR) is 86.4 cm³/mol. The van der Waals surface area contributed by atoms with Crippen LogP contribution in [-0.2, 0) is 21.2 Å². The van der Waals surface area contributed by atoms with Gasteiger partial charge in [-0.25, -0.2) is 8.42 Å². The molecule has 0 aliphatic carbocycles. The molecule has 1 aromatic carbocycles. The minimum absolute atomic E-state index is 0.140. The fraction of sp³-hybridized carbons (Fsp3) is 0.533. The Bertz CT molecular complexity index is 587. The Morgan fingerprint density at radius 3 is 2.59 bits per heavy atom. The molecule has 0 aromatic heterocycles. The molecule has 0 saturated carbocycles. The van der Waals surface area contributed by atoms with Gasteiger partial charge in [-0.2, -0.15) is 4.31 Å². The lowest BCUT2D eigenvalue weighted by atomic mass is 10.1. The average Bonchev–Trinajstić information content (AvgIpc) is 2.46. The number of sulfonamides is 1. The molecule has 0 unspecified atom stereocenters. The molecule has 124 valence electrons. The fourth-order valence-corrected chi connectivity index (χ4v) is 2.94. The molecule has 0 radical (unpaired) electrons. The number of methoxy groups -OCH3 is 1. The zero-order valence-corrected chi connectivity index (χ0v) is 14.1. The SMILES string of the molecule is CCCN(CC(=O)NCCc1ccccc1OC)S(C)(=O)=O. The third-order valence-corrected chi connectivity index (χ3v) is 4.42. The summed E-state index contributed by atoms with van der Waals surface area (Å²) >= 11 is 0. The molecule has 0 fully saturated rings. The molecule has 0 saturated heterocycles. The molecule has 0 spiro atoms. The molecule has 1 amide bonds. The van der Waals surface area contributed by atoms with E-state index in [-0.39, 0.29) is 12.5 Å². The van der Waals surface area contributed by atoms with Crippen molar-refractivity contribution >= 4 is 15.9 Å². The lowest BCUT2D eigenvalue weighted by Gasteiger charge is -2.18. The van der Waals surface area contributed by atoms with Gasteiger partial charge in [0.15, 0.2) is 0 Å². The van der Waals surface area contributed by atoms with Crippen molar-refractivity contribution in [2.24, 2.45) is 0 Å². The van der Waals surface area contributed by atoms with Gasteiger partial charge in [-0.3, -0.25) is 4.79 Å². The van der Waals surface area contributed by atoms with E-state index < -0.39 is 10.0 Å². The Labute approximate surface area is 132 Å². The maximum atomic E-state index is 11.9. The molecule has 0 heterocycles. The van der Waals surface area contributed by atoms with E-state index in [9.17, 15) is 13.2 Å². The summed E-state index contributed by atoms with van der Waals surface area (Å²) in [6, 6.07) is 7.59. The summed E-state index contributed by atoms with van der Waals surface area (Å²) in [7, 11) is -1.75. The first-order valence-corrected chi connectivity index (χ1v) is 9.07. The lowest BCUT2D eigenvalue weighted by molar-refractivity contribution is -0.121. The molecule has 7 heteroatoms. The largest absolute Gasteiger partial charge is 0.496 e. The number of nitrogens with one attached hydrogen (secondary N) is 1. The van der Waals surface area contributed by atoms with Gasteiger partial charge in [-0.1, -0.05) is 25.1 Å². The highest BCUT2D eigenvalue weighted by Gasteiger charge is 2.18. The van der Waals surface area contributed by atoms with E-state index in [1.807, 2.05) is 31.2 Å². The van der Waals surface area contributed by atoms with Crippen molar-refractivity contribution in [2.45, 2.75) is 19.8 Å². The second-order valence-electron chi connectivity index (χ2n) is 5.01. The van der Waals surface area contributed by atoms with Crippen molar-refractivity contribution in [2.75, 3.05) is 33.0 Å². The zero-order chi connectivity index (χ0) is 16.6. The fourth-order valence-electron chi connectivity index (χ4n) is 2.07. The normalized spacial score (nSPS) is 11.5. The number of amides is 1. The quantitative estimate of drug-likeness (QED) is 0.734. The molecule has 1 aromatic rings. The second-order valence-corrected chi connectivity index (χ2v) is 6.99. The summed E-state index contributed by atoms with van der Waals surface area (Å²) < 4.78 is 29.6. The van der Waals surface area contributed by atoms with Crippen LogP contribution in [0, 0.1) is 0 Å². The van der Waals surface area contributed by atoms with Crippen LogP contribution in [0.4, 0.5) is 0 Å². The minimum Gasteiger partial charge on any atom is -0.496 e. The molecule has 0 aliphatic rings. The highest BCUT2D eigenvalue weighted by Crippen LogP contribution is 2.17. The number of benzene rings is 1. The summed E-state index contributed by atoms with van der Waals surface area (Å²) in [5.41, 5.74) is 0.999. The number of carbonyl (C=O) groups excluding carboxylic acids is 1. The summed E-state index contributed by atoms with van der Waals surface area (Å²) in [6.07, 6.45) is 2.41. The third kappa shape index (κ3) is 6.03. The Morgan fingerprint density at radius 1 is 1.32 bits per heavy atom. The van der Waals surface area contributed by atoms with Gasteiger partial charge < -0.3 is 10.1 Å². The molecule has 1 N–H and O–H groups in total. The smallest absolute Gasteiger partial charge is 0.235 e. The van der Waals surface area contributed by atoms with Crippen molar-refractivity contribution < 1.29 is 17.9 Å². The molecule has 6 nitrogen and oxygen atoms in total. The number of rotatable bonds is 9. The van der Waals surface area contributed by atoms with Crippen molar-refractivity contribution in [1.82, 2.24) is 9.62 Å². The average molecular weight is 328 g/mol. The first-order chi connectivity index (χ1) is 10.4. The number of nitrogens with zero attached hydrogens (tertiary/aromatic N) is 1. The predicted octanol–water partition coefficient (Wildman–Crippen LogP) is 1.03. The van der Waals surface area contributed by atoms with Gasteiger partial charge in [-0.05, 0) is 24.5 Å². The van der Waals surface area contributed by atoms with Crippen LogP contribution in [0.5, 0.6) is 5.75 Å². The first-order valence-electron chi connectivity index (χ1n) is 7.22. The van der Waals surface area contributed by atoms with E-state index in [1.165, 1.54) is 4.31 Å². The maximum absolute atomic E-state index is 11.9. The van der Waals surface area contributed by atoms with Gasteiger partial charge in [0.1, 0.15) is 5.75 Å². The van der Waals surface area contributed by atoms with Crippen LogP contribution >= 0.6 is 0 Å². The van der Waals surface area contributed by atoms with Crippen LogP contribution in [-0.4, -0.2) is 51.6 Å². The number of para-hydroxylation sites is 1. The number of hydrogen-bond donors (Lipinski definition) is 1. The molecular formula is C15H24N2O4S.